The second-order valence-electron chi connectivity index (χ2n) is 7.42. The Hall–Kier alpha value is -2.13. The number of nitrogens with zero attached hydrogens (tertiary/aromatic N) is 1. The van der Waals surface area contributed by atoms with E-state index in [1.807, 2.05) is 0 Å². The molecular formula is C22H27N3. The fourth-order valence-electron chi connectivity index (χ4n) is 4.02. The van der Waals surface area contributed by atoms with Crippen LogP contribution in [0.5, 0.6) is 0 Å². The molecule has 3 aromatic rings. The van der Waals surface area contributed by atoms with Crippen LogP contribution in [0.15, 0.2) is 42.7 Å². The summed E-state index contributed by atoms with van der Waals surface area (Å²) in [6, 6.07) is 13.4. The van der Waals surface area contributed by atoms with Crippen LogP contribution in [0.1, 0.15) is 43.2 Å². The van der Waals surface area contributed by atoms with Gasteiger partial charge in [-0.15, -0.1) is 0 Å². The molecule has 1 saturated carbocycles. The van der Waals surface area contributed by atoms with E-state index >= 15 is 0 Å². The number of imidazole rings is 1. The summed E-state index contributed by atoms with van der Waals surface area (Å²) in [5.41, 5.74) is 7.25. The quantitative estimate of drug-likeness (QED) is 0.673. The summed E-state index contributed by atoms with van der Waals surface area (Å²) in [5.74, 6) is 0.886. The first-order chi connectivity index (χ1) is 12.3. The molecule has 1 aromatic heterocycles. The molecule has 0 aliphatic heterocycles. The molecule has 130 valence electrons. The molecule has 0 amide bonds. The lowest BCUT2D eigenvalue weighted by molar-refractivity contribution is 0.342. The molecule has 0 spiro atoms. The monoisotopic (exact) mass is 333 g/mol. The fraction of sp³-hybridized carbons (Fsp3) is 0.409. The number of aryl methyl sites for hydroxylation is 1. The fourth-order valence-corrected chi connectivity index (χ4v) is 4.02. The van der Waals surface area contributed by atoms with Gasteiger partial charge in [0, 0.05) is 6.54 Å². The third-order valence-corrected chi connectivity index (χ3v) is 5.49. The Kier molecular flexibility index (Phi) is 4.84. The lowest BCUT2D eigenvalue weighted by Gasteiger charge is -2.21. The van der Waals surface area contributed by atoms with Crippen LogP contribution in [0.2, 0.25) is 0 Å². The number of fused-ring (bicyclic) bond motifs is 1. The Balaban J connectivity index is 1.40. The molecule has 0 unspecified atom stereocenters. The van der Waals surface area contributed by atoms with Crippen LogP contribution in [0.3, 0.4) is 0 Å². The zero-order valence-electron chi connectivity index (χ0n) is 15.0. The summed E-state index contributed by atoms with van der Waals surface area (Å²) < 4.78 is 0. The number of aromatic amines is 1. The standard InChI is InChI=1S/C22H27N3/c1-16-11-20(12-21-22(16)25-15-24-21)19-9-7-18(8-10-19)14-23-13-17-5-3-2-4-6-17/h7-12,15,17,23H,2-6,13-14H2,1H3,(H,24,25). The Labute approximate surface area is 149 Å². The van der Waals surface area contributed by atoms with Crippen molar-refractivity contribution in [3.8, 4) is 11.1 Å². The predicted molar refractivity (Wildman–Crippen MR) is 105 cm³/mol. The average molecular weight is 333 g/mol. The van der Waals surface area contributed by atoms with Crippen molar-refractivity contribution in [2.75, 3.05) is 6.54 Å². The Morgan fingerprint density at radius 1 is 1.04 bits per heavy atom. The van der Waals surface area contributed by atoms with E-state index in [-0.39, 0.29) is 0 Å². The number of hydrogen-bond acceptors (Lipinski definition) is 2. The largest absolute Gasteiger partial charge is 0.345 e. The van der Waals surface area contributed by atoms with E-state index in [0.717, 1.165) is 30.0 Å². The molecule has 3 nitrogen and oxygen atoms in total. The van der Waals surface area contributed by atoms with Gasteiger partial charge in [-0.25, -0.2) is 4.98 Å². The molecule has 1 aliphatic carbocycles. The molecule has 4 rings (SSSR count). The molecule has 0 bridgehead atoms. The van der Waals surface area contributed by atoms with Crippen molar-refractivity contribution in [3.63, 3.8) is 0 Å². The van der Waals surface area contributed by atoms with Gasteiger partial charge in [-0.1, -0.05) is 43.5 Å². The maximum Gasteiger partial charge on any atom is 0.0931 e. The molecule has 0 radical (unpaired) electrons. The number of nitrogens with one attached hydrogen (secondary N) is 2. The normalized spacial score (nSPS) is 15.7. The van der Waals surface area contributed by atoms with Crippen molar-refractivity contribution in [2.45, 2.75) is 45.6 Å². The van der Waals surface area contributed by atoms with Crippen molar-refractivity contribution in [3.05, 3.63) is 53.9 Å². The molecule has 1 fully saturated rings. The van der Waals surface area contributed by atoms with Gasteiger partial charge in [0.05, 0.1) is 17.4 Å². The molecule has 2 N–H and O–H groups in total. The summed E-state index contributed by atoms with van der Waals surface area (Å²) in [5, 5.41) is 3.65. The molecule has 1 aliphatic rings. The van der Waals surface area contributed by atoms with Crippen LogP contribution in [0.25, 0.3) is 22.2 Å². The molecule has 0 atom stereocenters. The van der Waals surface area contributed by atoms with E-state index < -0.39 is 0 Å². The average Bonchev–Trinajstić information content (AvgIpc) is 3.12. The molecular weight excluding hydrogens is 306 g/mol. The number of benzene rings is 2. The number of aromatic nitrogens is 2. The summed E-state index contributed by atoms with van der Waals surface area (Å²) in [6.45, 7) is 4.25. The van der Waals surface area contributed by atoms with E-state index in [1.54, 1.807) is 6.33 Å². The van der Waals surface area contributed by atoms with Crippen LogP contribution in [0.4, 0.5) is 0 Å². The van der Waals surface area contributed by atoms with E-state index in [9.17, 15) is 0 Å². The van der Waals surface area contributed by atoms with Crippen LogP contribution in [-0.2, 0) is 6.54 Å². The van der Waals surface area contributed by atoms with Gasteiger partial charge in [-0.05, 0) is 66.6 Å². The Bertz CT molecular complexity index is 826. The zero-order valence-corrected chi connectivity index (χ0v) is 15.0. The van der Waals surface area contributed by atoms with E-state index in [1.165, 1.54) is 54.4 Å². The smallest absolute Gasteiger partial charge is 0.0931 e. The molecule has 0 saturated heterocycles. The van der Waals surface area contributed by atoms with Crippen LogP contribution < -0.4 is 5.32 Å². The van der Waals surface area contributed by atoms with Gasteiger partial charge in [0.25, 0.3) is 0 Å². The van der Waals surface area contributed by atoms with Crippen molar-refractivity contribution < 1.29 is 0 Å². The van der Waals surface area contributed by atoms with Crippen LogP contribution >= 0.6 is 0 Å². The highest BCUT2D eigenvalue weighted by molar-refractivity contribution is 5.84. The van der Waals surface area contributed by atoms with Gasteiger partial charge < -0.3 is 10.3 Å². The Morgan fingerprint density at radius 3 is 2.64 bits per heavy atom. The first-order valence-electron chi connectivity index (χ1n) is 9.53. The Morgan fingerprint density at radius 2 is 1.84 bits per heavy atom. The summed E-state index contributed by atoms with van der Waals surface area (Å²) >= 11 is 0. The van der Waals surface area contributed by atoms with E-state index in [0.29, 0.717) is 0 Å². The maximum absolute atomic E-state index is 4.38. The van der Waals surface area contributed by atoms with Gasteiger partial charge in [0.2, 0.25) is 0 Å². The third-order valence-electron chi connectivity index (χ3n) is 5.49. The van der Waals surface area contributed by atoms with Gasteiger partial charge in [-0.2, -0.15) is 0 Å². The van der Waals surface area contributed by atoms with Gasteiger partial charge in [-0.3, -0.25) is 0 Å². The lowest BCUT2D eigenvalue weighted by Crippen LogP contribution is -2.24. The molecule has 1 heterocycles. The van der Waals surface area contributed by atoms with Crippen molar-refractivity contribution in [1.82, 2.24) is 15.3 Å². The summed E-state index contributed by atoms with van der Waals surface area (Å²) in [4.78, 5) is 7.60. The highest BCUT2D eigenvalue weighted by Crippen LogP contribution is 2.26. The number of hydrogen-bond donors (Lipinski definition) is 2. The minimum absolute atomic E-state index is 0.886. The van der Waals surface area contributed by atoms with Gasteiger partial charge in [0.1, 0.15) is 0 Å². The molecule has 3 heteroatoms. The number of H-pyrrole nitrogens is 1. The minimum atomic E-state index is 0.886. The van der Waals surface area contributed by atoms with Crippen molar-refractivity contribution in [1.29, 1.82) is 0 Å². The van der Waals surface area contributed by atoms with Gasteiger partial charge in [0.15, 0.2) is 0 Å². The van der Waals surface area contributed by atoms with Crippen molar-refractivity contribution in [2.24, 2.45) is 5.92 Å². The first kappa shape index (κ1) is 16.3. The van der Waals surface area contributed by atoms with E-state index in [4.69, 9.17) is 0 Å². The second kappa shape index (κ2) is 7.40. The van der Waals surface area contributed by atoms with E-state index in [2.05, 4.69) is 58.6 Å². The zero-order chi connectivity index (χ0) is 17.1. The van der Waals surface area contributed by atoms with Crippen LogP contribution in [0, 0.1) is 12.8 Å². The van der Waals surface area contributed by atoms with Gasteiger partial charge >= 0.3 is 0 Å². The highest BCUT2D eigenvalue weighted by atomic mass is 14.9. The van der Waals surface area contributed by atoms with Crippen molar-refractivity contribution >= 4 is 11.0 Å². The predicted octanol–water partition coefficient (Wildman–Crippen LogP) is 5.21. The summed E-state index contributed by atoms with van der Waals surface area (Å²) in [7, 11) is 0. The third kappa shape index (κ3) is 3.77. The molecule has 2 aromatic carbocycles. The maximum atomic E-state index is 4.38. The SMILES string of the molecule is Cc1cc(-c2ccc(CNCC3CCCCC3)cc2)cc2[nH]cnc12. The second-order valence-corrected chi connectivity index (χ2v) is 7.42. The highest BCUT2D eigenvalue weighted by Gasteiger charge is 2.12. The topological polar surface area (TPSA) is 40.7 Å². The number of rotatable bonds is 5. The first-order valence-corrected chi connectivity index (χ1v) is 9.53. The minimum Gasteiger partial charge on any atom is -0.345 e. The summed E-state index contributed by atoms with van der Waals surface area (Å²) in [6.07, 6.45) is 8.84. The lowest BCUT2D eigenvalue weighted by atomic mass is 9.89. The molecule has 25 heavy (non-hydrogen) atoms. The van der Waals surface area contributed by atoms with Crippen LogP contribution in [-0.4, -0.2) is 16.5 Å².